The van der Waals surface area contributed by atoms with Gasteiger partial charge in [-0.15, -0.1) is 0 Å². The fourth-order valence-electron chi connectivity index (χ4n) is 3.16. The van der Waals surface area contributed by atoms with E-state index >= 15 is 0 Å². The Morgan fingerprint density at radius 2 is 1.41 bits per heavy atom. The standard InChI is InChI=1S/C26H31NO2/c1-4-20(3)25-13-9-10-14-26(25)29-22(5-2)19-27-21-15-17-24(18-16-21)28-23-11-7-6-8-12-23/h6-18,20,22,27H,4-5,19H2,1-3H3. The van der Waals surface area contributed by atoms with Crippen molar-refractivity contribution in [2.75, 3.05) is 11.9 Å². The van der Waals surface area contributed by atoms with Crippen LogP contribution >= 0.6 is 0 Å². The third kappa shape index (κ3) is 6.02. The normalized spacial score (nSPS) is 12.8. The molecule has 0 amide bonds. The lowest BCUT2D eigenvalue weighted by Gasteiger charge is -2.22. The maximum atomic E-state index is 6.36. The van der Waals surface area contributed by atoms with Gasteiger partial charge in [-0.2, -0.15) is 0 Å². The van der Waals surface area contributed by atoms with Crippen LogP contribution in [-0.4, -0.2) is 12.6 Å². The molecule has 3 aromatic rings. The van der Waals surface area contributed by atoms with Crippen molar-refractivity contribution >= 4 is 5.69 Å². The van der Waals surface area contributed by atoms with Gasteiger partial charge in [0.1, 0.15) is 23.4 Å². The van der Waals surface area contributed by atoms with Crippen molar-refractivity contribution in [3.8, 4) is 17.2 Å². The zero-order valence-electron chi connectivity index (χ0n) is 17.6. The molecule has 0 aliphatic carbocycles. The molecule has 3 aromatic carbocycles. The van der Waals surface area contributed by atoms with Gasteiger partial charge in [-0.3, -0.25) is 0 Å². The van der Waals surface area contributed by atoms with Crippen LogP contribution in [0, 0.1) is 0 Å². The van der Waals surface area contributed by atoms with Gasteiger partial charge in [0.05, 0.1) is 6.54 Å². The average molecular weight is 390 g/mol. The summed E-state index contributed by atoms with van der Waals surface area (Å²) in [6.07, 6.45) is 2.16. The zero-order chi connectivity index (χ0) is 20.5. The lowest BCUT2D eigenvalue weighted by molar-refractivity contribution is 0.207. The molecule has 0 aliphatic heterocycles. The second kappa shape index (κ2) is 10.6. The fourth-order valence-corrected chi connectivity index (χ4v) is 3.16. The molecule has 0 aromatic heterocycles. The molecule has 2 atom stereocenters. The number of ether oxygens (including phenoxy) is 2. The molecule has 1 N–H and O–H groups in total. The Labute approximate surface area is 174 Å². The number of rotatable bonds is 10. The molecule has 3 nitrogen and oxygen atoms in total. The molecule has 0 heterocycles. The van der Waals surface area contributed by atoms with Crippen molar-refractivity contribution < 1.29 is 9.47 Å². The topological polar surface area (TPSA) is 30.5 Å². The first-order valence-electron chi connectivity index (χ1n) is 10.5. The third-order valence-corrected chi connectivity index (χ3v) is 5.18. The molecule has 0 spiro atoms. The van der Waals surface area contributed by atoms with Gasteiger partial charge in [0.15, 0.2) is 0 Å². The molecule has 0 fully saturated rings. The minimum absolute atomic E-state index is 0.112. The molecule has 152 valence electrons. The average Bonchev–Trinajstić information content (AvgIpc) is 2.78. The Morgan fingerprint density at radius 3 is 2.10 bits per heavy atom. The van der Waals surface area contributed by atoms with Crippen LogP contribution in [0.5, 0.6) is 17.2 Å². The summed E-state index contributed by atoms with van der Waals surface area (Å²) >= 11 is 0. The summed E-state index contributed by atoms with van der Waals surface area (Å²) < 4.78 is 12.2. The molecule has 0 radical (unpaired) electrons. The van der Waals surface area contributed by atoms with Crippen molar-refractivity contribution in [2.45, 2.75) is 45.6 Å². The SMILES string of the molecule is CCC(CNc1ccc(Oc2ccccc2)cc1)Oc1ccccc1C(C)CC. The van der Waals surface area contributed by atoms with Crippen LogP contribution in [0.4, 0.5) is 5.69 Å². The van der Waals surface area contributed by atoms with E-state index in [1.165, 1.54) is 5.56 Å². The third-order valence-electron chi connectivity index (χ3n) is 5.18. The smallest absolute Gasteiger partial charge is 0.127 e. The first-order valence-corrected chi connectivity index (χ1v) is 10.5. The summed E-state index contributed by atoms with van der Waals surface area (Å²) in [6, 6.07) is 26.3. The van der Waals surface area contributed by atoms with E-state index in [-0.39, 0.29) is 6.10 Å². The largest absolute Gasteiger partial charge is 0.488 e. The predicted octanol–water partition coefficient (Wildman–Crippen LogP) is 7.26. The van der Waals surface area contributed by atoms with E-state index in [2.05, 4.69) is 44.3 Å². The van der Waals surface area contributed by atoms with Crippen molar-refractivity contribution in [1.29, 1.82) is 0 Å². The van der Waals surface area contributed by atoms with Gasteiger partial charge in [0.25, 0.3) is 0 Å². The number of para-hydroxylation sites is 2. The van der Waals surface area contributed by atoms with Crippen LogP contribution in [0.25, 0.3) is 0 Å². The maximum Gasteiger partial charge on any atom is 0.127 e. The molecule has 0 saturated heterocycles. The second-order valence-electron chi connectivity index (χ2n) is 7.32. The highest BCUT2D eigenvalue weighted by Gasteiger charge is 2.14. The number of nitrogens with one attached hydrogen (secondary N) is 1. The predicted molar refractivity (Wildman–Crippen MR) is 121 cm³/mol. The van der Waals surface area contributed by atoms with E-state index in [0.29, 0.717) is 5.92 Å². The molecule has 0 bridgehead atoms. The van der Waals surface area contributed by atoms with Crippen molar-refractivity contribution in [2.24, 2.45) is 0 Å². The van der Waals surface area contributed by atoms with Gasteiger partial charge in [-0.05, 0) is 66.8 Å². The van der Waals surface area contributed by atoms with Crippen LogP contribution in [0.2, 0.25) is 0 Å². The van der Waals surface area contributed by atoms with Gasteiger partial charge < -0.3 is 14.8 Å². The fraction of sp³-hybridized carbons (Fsp3) is 0.308. The molecule has 0 saturated carbocycles. The van der Waals surface area contributed by atoms with Gasteiger partial charge in [-0.25, -0.2) is 0 Å². The Balaban J connectivity index is 1.57. The molecular formula is C26H31NO2. The molecule has 2 unspecified atom stereocenters. The molecule has 29 heavy (non-hydrogen) atoms. The molecule has 3 rings (SSSR count). The summed E-state index contributed by atoms with van der Waals surface area (Å²) in [5, 5.41) is 3.49. The Bertz CT molecular complexity index is 861. The van der Waals surface area contributed by atoms with E-state index in [1.807, 2.05) is 60.7 Å². The lowest BCUT2D eigenvalue weighted by Crippen LogP contribution is -2.26. The summed E-state index contributed by atoms with van der Waals surface area (Å²) in [4.78, 5) is 0. The Hall–Kier alpha value is -2.94. The maximum absolute atomic E-state index is 6.36. The first-order chi connectivity index (χ1) is 14.2. The van der Waals surface area contributed by atoms with Crippen LogP contribution in [0.3, 0.4) is 0 Å². The van der Waals surface area contributed by atoms with Crippen molar-refractivity contribution in [3.63, 3.8) is 0 Å². The molecule has 0 aliphatic rings. The number of hydrogen-bond donors (Lipinski definition) is 1. The minimum Gasteiger partial charge on any atom is -0.488 e. The van der Waals surface area contributed by atoms with E-state index in [4.69, 9.17) is 9.47 Å². The second-order valence-corrected chi connectivity index (χ2v) is 7.32. The summed E-state index contributed by atoms with van der Waals surface area (Å²) in [5.74, 6) is 3.16. The highest BCUT2D eigenvalue weighted by molar-refractivity contribution is 5.47. The highest BCUT2D eigenvalue weighted by atomic mass is 16.5. The lowest BCUT2D eigenvalue weighted by atomic mass is 9.98. The van der Waals surface area contributed by atoms with E-state index in [0.717, 1.165) is 42.3 Å². The van der Waals surface area contributed by atoms with Gasteiger partial charge in [0.2, 0.25) is 0 Å². The summed E-state index contributed by atoms with van der Waals surface area (Å²) in [5.41, 5.74) is 2.35. The Kier molecular flexibility index (Phi) is 7.57. The monoisotopic (exact) mass is 389 g/mol. The van der Waals surface area contributed by atoms with Gasteiger partial charge in [-0.1, -0.05) is 57.2 Å². The number of hydrogen-bond acceptors (Lipinski definition) is 3. The summed E-state index contributed by atoms with van der Waals surface area (Å²) in [6.45, 7) is 7.38. The van der Waals surface area contributed by atoms with Crippen LogP contribution in [-0.2, 0) is 0 Å². The van der Waals surface area contributed by atoms with Crippen LogP contribution < -0.4 is 14.8 Å². The van der Waals surface area contributed by atoms with E-state index < -0.39 is 0 Å². The first kappa shape index (κ1) is 20.8. The zero-order valence-corrected chi connectivity index (χ0v) is 17.6. The quantitative estimate of drug-likeness (QED) is 0.396. The minimum atomic E-state index is 0.112. The van der Waals surface area contributed by atoms with Crippen LogP contribution in [0.15, 0.2) is 78.9 Å². The summed E-state index contributed by atoms with van der Waals surface area (Å²) in [7, 11) is 0. The van der Waals surface area contributed by atoms with Gasteiger partial charge >= 0.3 is 0 Å². The van der Waals surface area contributed by atoms with Gasteiger partial charge in [0, 0.05) is 5.69 Å². The van der Waals surface area contributed by atoms with Crippen molar-refractivity contribution in [3.05, 3.63) is 84.4 Å². The molecule has 3 heteroatoms. The van der Waals surface area contributed by atoms with E-state index in [9.17, 15) is 0 Å². The molecular weight excluding hydrogens is 358 g/mol. The highest BCUT2D eigenvalue weighted by Crippen LogP contribution is 2.29. The van der Waals surface area contributed by atoms with Crippen LogP contribution in [0.1, 0.15) is 45.1 Å². The van der Waals surface area contributed by atoms with Crippen molar-refractivity contribution in [1.82, 2.24) is 0 Å². The van der Waals surface area contributed by atoms with E-state index in [1.54, 1.807) is 0 Å². The number of benzene rings is 3. The Morgan fingerprint density at radius 1 is 0.759 bits per heavy atom. The number of anilines is 1.